The van der Waals surface area contributed by atoms with E-state index in [9.17, 15) is 4.79 Å². The molecule has 30 heavy (non-hydrogen) atoms. The number of para-hydroxylation sites is 1. The number of carbonyl (C=O) groups excluding carboxylic acids is 1. The second kappa shape index (κ2) is 8.70. The Kier molecular flexibility index (Phi) is 5.66. The number of methoxy groups -OCH3 is 1. The van der Waals surface area contributed by atoms with E-state index in [-0.39, 0.29) is 5.91 Å². The average molecular weight is 396 g/mol. The van der Waals surface area contributed by atoms with Crippen molar-refractivity contribution in [2.45, 2.75) is 6.54 Å². The molecule has 0 unspecified atom stereocenters. The second-order valence-electron chi connectivity index (χ2n) is 7.10. The predicted molar refractivity (Wildman–Crippen MR) is 122 cm³/mol. The van der Waals surface area contributed by atoms with Crippen LogP contribution in [0, 0.1) is 0 Å². The topological polar surface area (TPSA) is 43.3 Å². The molecule has 4 aromatic rings. The molecular formula is C26H24N2O2. The van der Waals surface area contributed by atoms with Crippen molar-refractivity contribution in [3.8, 4) is 17.0 Å². The Balaban J connectivity index is 1.59. The number of rotatable bonds is 6. The molecule has 0 aliphatic rings. The Morgan fingerprint density at radius 1 is 0.967 bits per heavy atom. The quantitative estimate of drug-likeness (QED) is 0.456. The van der Waals surface area contributed by atoms with Crippen molar-refractivity contribution in [1.29, 1.82) is 0 Å². The fraction of sp³-hybridized carbons (Fsp3) is 0.115. The number of hydrogen-bond donors (Lipinski definition) is 1. The summed E-state index contributed by atoms with van der Waals surface area (Å²) in [6, 6.07) is 26.2. The lowest BCUT2D eigenvalue weighted by molar-refractivity contribution is -0.116. The zero-order chi connectivity index (χ0) is 20.9. The highest BCUT2D eigenvalue weighted by atomic mass is 16.5. The van der Waals surface area contributed by atoms with E-state index in [4.69, 9.17) is 4.74 Å². The van der Waals surface area contributed by atoms with Gasteiger partial charge in [0, 0.05) is 36.1 Å². The van der Waals surface area contributed by atoms with Gasteiger partial charge >= 0.3 is 0 Å². The summed E-state index contributed by atoms with van der Waals surface area (Å²) in [7, 11) is 3.70. The number of benzene rings is 3. The van der Waals surface area contributed by atoms with E-state index < -0.39 is 0 Å². The van der Waals surface area contributed by atoms with Crippen LogP contribution in [0.3, 0.4) is 0 Å². The van der Waals surface area contributed by atoms with Gasteiger partial charge in [-0.05, 0) is 35.4 Å². The number of fused-ring (bicyclic) bond motifs is 1. The van der Waals surface area contributed by atoms with E-state index in [0.29, 0.717) is 6.54 Å². The zero-order valence-electron chi connectivity index (χ0n) is 17.1. The summed E-state index contributed by atoms with van der Waals surface area (Å²) < 4.78 is 7.35. The van der Waals surface area contributed by atoms with Crippen molar-refractivity contribution in [1.82, 2.24) is 9.88 Å². The number of nitrogens with one attached hydrogen (secondary N) is 1. The Morgan fingerprint density at radius 3 is 2.40 bits per heavy atom. The van der Waals surface area contributed by atoms with Gasteiger partial charge in [0.1, 0.15) is 5.75 Å². The highest BCUT2D eigenvalue weighted by molar-refractivity contribution is 6.01. The first kappa shape index (κ1) is 19.5. The van der Waals surface area contributed by atoms with Crippen molar-refractivity contribution in [2.75, 3.05) is 7.11 Å². The van der Waals surface area contributed by atoms with Gasteiger partial charge in [0.25, 0.3) is 0 Å². The Bertz CT molecular complexity index is 1190. The highest BCUT2D eigenvalue weighted by Crippen LogP contribution is 2.33. The SMILES string of the molecule is COc1ccc(CNC(=O)C=Cc2c(-c3ccccc3)n(C)c3ccccc23)cc1. The van der Waals surface area contributed by atoms with Gasteiger partial charge in [0.2, 0.25) is 5.91 Å². The molecule has 0 saturated carbocycles. The minimum Gasteiger partial charge on any atom is -0.497 e. The fourth-order valence-corrected chi connectivity index (χ4v) is 3.69. The van der Waals surface area contributed by atoms with Crippen LogP contribution in [0.25, 0.3) is 28.2 Å². The fourth-order valence-electron chi connectivity index (χ4n) is 3.69. The summed E-state index contributed by atoms with van der Waals surface area (Å²) in [6.45, 7) is 0.467. The molecule has 150 valence electrons. The van der Waals surface area contributed by atoms with Gasteiger partial charge < -0.3 is 14.6 Å². The van der Waals surface area contributed by atoms with E-state index in [0.717, 1.165) is 39.0 Å². The largest absolute Gasteiger partial charge is 0.497 e. The lowest BCUT2D eigenvalue weighted by atomic mass is 10.0. The van der Waals surface area contributed by atoms with Crippen LogP contribution in [0.2, 0.25) is 0 Å². The molecule has 0 spiro atoms. The summed E-state index contributed by atoms with van der Waals surface area (Å²) in [5, 5.41) is 4.07. The third kappa shape index (κ3) is 3.98. The molecular weight excluding hydrogens is 372 g/mol. The summed E-state index contributed by atoms with van der Waals surface area (Å²) in [6.07, 6.45) is 3.52. The van der Waals surface area contributed by atoms with Gasteiger partial charge in [-0.25, -0.2) is 0 Å². The van der Waals surface area contributed by atoms with Gasteiger partial charge in [-0.1, -0.05) is 60.7 Å². The molecule has 0 radical (unpaired) electrons. The van der Waals surface area contributed by atoms with Crippen LogP contribution in [0.5, 0.6) is 5.75 Å². The lowest BCUT2D eigenvalue weighted by Gasteiger charge is -2.06. The van der Waals surface area contributed by atoms with Gasteiger partial charge in [-0.3, -0.25) is 4.79 Å². The number of carbonyl (C=O) groups is 1. The molecule has 0 fully saturated rings. The van der Waals surface area contributed by atoms with Crippen molar-refractivity contribution < 1.29 is 9.53 Å². The number of amides is 1. The second-order valence-corrected chi connectivity index (χ2v) is 7.10. The van der Waals surface area contributed by atoms with Crippen molar-refractivity contribution >= 4 is 22.9 Å². The van der Waals surface area contributed by atoms with Crippen LogP contribution in [0.1, 0.15) is 11.1 Å². The number of hydrogen-bond acceptors (Lipinski definition) is 2. The Morgan fingerprint density at radius 2 is 1.67 bits per heavy atom. The lowest BCUT2D eigenvalue weighted by Crippen LogP contribution is -2.20. The minimum atomic E-state index is -0.127. The number of aromatic nitrogens is 1. The molecule has 1 amide bonds. The normalized spacial score (nSPS) is 11.1. The molecule has 4 heteroatoms. The van der Waals surface area contributed by atoms with E-state index in [1.165, 1.54) is 0 Å². The van der Waals surface area contributed by atoms with Crippen LogP contribution in [-0.2, 0) is 18.4 Å². The maximum absolute atomic E-state index is 12.5. The maximum Gasteiger partial charge on any atom is 0.244 e. The minimum absolute atomic E-state index is 0.127. The summed E-state index contributed by atoms with van der Waals surface area (Å²) in [4.78, 5) is 12.5. The number of aryl methyl sites for hydroxylation is 1. The van der Waals surface area contributed by atoms with E-state index in [1.807, 2.05) is 60.7 Å². The third-order valence-corrected chi connectivity index (χ3v) is 5.22. The molecule has 1 heterocycles. The molecule has 3 aromatic carbocycles. The van der Waals surface area contributed by atoms with Crippen LogP contribution in [0.15, 0.2) is 84.9 Å². The molecule has 0 saturated heterocycles. The van der Waals surface area contributed by atoms with Crippen molar-refractivity contribution in [3.05, 3.63) is 96.1 Å². The van der Waals surface area contributed by atoms with E-state index >= 15 is 0 Å². The van der Waals surface area contributed by atoms with Crippen LogP contribution in [0.4, 0.5) is 0 Å². The number of nitrogens with zero attached hydrogens (tertiary/aromatic N) is 1. The van der Waals surface area contributed by atoms with Gasteiger partial charge in [-0.15, -0.1) is 0 Å². The van der Waals surface area contributed by atoms with E-state index in [2.05, 4.69) is 41.2 Å². The molecule has 4 nitrogen and oxygen atoms in total. The first-order chi connectivity index (χ1) is 14.7. The van der Waals surface area contributed by atoms with Crippen LogP contribution >= 0.6 is 0 Å². The summed E-state index contributed by atoms with van der Waals surface area (Å²) in [5.74, 6) is 0.673. The maximum atomic E-state index is 12.5. The molecule has 0 bridgehead atoms. The van der Waals surface area contributed by atoms with Crippen molar-refractivity contribution in [2.24, 2.45) is 7.05 Å². The standard InChI is InChI=1S/C26H24N2O2/c1-28-24-11-7-6-10-22(24)23(26(28)20-8-4-3-5-9-20)16-17-25(29)27-18-19-12-14-21(30-2)15-13-19/h3-17H,18H2,1-2H3,(H,27,29). The molecule has 1 N–H and O–H groups in total. The Labute approximate surface area is 176 Å². The number of ether oxygens (including phenoxy) is 1. The molecule has 4 rings (SSSR count). The molecule has 0 aliphatic carbocycles. The first-order valence-electron chi connectivity index (χ1n) is 9.89. The zero-order valence-corrected chi connectivity index (χ0v) is 17.1. The average Bonchev–Trinajstić information content (AvgIpc) is 3.09. The van der Waals surface area contributed by atoms with Crippen molar-refractivity contribution in [3.63, 3.8) is 0 Å². The molecule has 0 atom stereocenters. The monoisotopic (exact) mass is 396 g/mol. The predicted octanol–water partition coefficient (Wildman–Crippen LogP) is 5.18. The smallest absolute Gasteiger partial charge is 0.244 e. The first-order valence-corrected chi connectivity index (χ1v) is 9.89. The molecule has 0 aliphatic heterocycles. The Hall–Kier alpha value is -3.79. The molecule has 1 aromatic heterocycles. The van der Waals surface area contributed by atoms with Gasteiger partial charge in [0.15, 0.2) is 0 Å². The van der Waals surface area contributed by atoms with E-state index in [1.54, 1.807) is 13.2 Å². The summed E-state index contributed by atoms with van der Waals surface area (Å²) in [5.41, 5.74) is 5.41. The van der Waals surface area contributed by atoms with Gasteiger partial charge in [0.05, 0.1) is 12.8 Å². The van der Waals surface area contributed by atoms with Crippen LogP contribution in [-0.4, -0.2) is 17.6 Å². The van der Waals surface area contributed by atoms with Gasteiger partial charge in [-0.2, -0.15) is 0 Å². The highest BCUT2D eigenvalue weighted by Gasteiger charge is 2.14. The van der Waals surface area contributed by atoms with Crippen LogP contribution < -0.4 is 10.1 Å². The summed E-state index contributed by atoms with van der Waals surface area (Å²) >= 11 is 0. The third-order valence-electron chi connectivity index (χ3n) is 5.22.